The number of rotatable bonds is 5. The number of hydrogen-bond acceptors (Lipinski definition) is 4. The molecule has 2 heterocycles. The van der Waals surface area contributed by atoms with Crippen molar-refractivity contribution in [2.24, 2.45) is 0 Å². The minimum atomic E-state index is -0.0743. The quantitative estimate of drug-likeness (QED) is 0.770. The molecule has 0 unspecified atom stereocenters. The normalized spacial score (nSPS) is 10.4. The molecule has 0 aliphatic carbocycles. The van der Waals surface area contributed by atoms with Crippen molar-refractivity contribution in [1.29, 1.82) is 0 Å². The molecule has 5 heteroatoms. The second-order valence-corrected chi connectivity index (χ2v) is 6.60. The zero-order valence-electron chi connectivity index (χ0n) is 13.7. The van der Waals surface area contributed by atoms with Crippen LogP contribution in [0.4, 0.5) is 5.69 Å². The van der Waals surface area contributed by atoms with Crippen LogP contribution in [-0.2, 0) is 6.54 Å². The fourth-order valence-electron chi connectivity index (χ4n) is 2.34. The van der Waals surface area contributed by atoms with Gasteiger partial charge < -0.3 is 10.2 Å². The van der Waals surface area contributed by atoms with E-state index in [1.165, 1.54) is 0 Å². The monoisotopic (exact) mass is 337 g/mol. The van der Waals surface area contributed by atoms with Crippen molar-refractivity contribution in [2.45, 2.75) is 6.54 Å². The highest BCUT2D eigenvalue weighted by Crippen LogP contribution is 2.23. The van der Waals surface area contributed by atoms with Crippen LogP contribution < -0.4 is 10.2 Å². The minimum Gasteiger partial charge on any atom is -0.378 e. The third-order valence-corrected chi connectivity index (χ3v) is 4.59. The van der Waals surface area contributed by atoms with Gasteiger partial charge in [0.05, 0.1) is 10.6 Å². The van der Waals surface area contributed by atoms with Gasteiger partial charge in [-0.3, -0.25) is 9.78 Å². The maximum Gasteiger partial charge on any atom is 0.251 e. The first-order valence-corrected chi connectivity index (χ1v) is 8.56. The van der Waals surface area contributed by atoms with Crippen LogP contribution in [-0.4, -0.2) is 25.0 Å². The summed E-state index contributed by atoms with van der Waals surface area (Å²) in [5.41, 5.74) is 3.70. The third-order valence-electron chi connectivity index (χ3n) is 3.70. The Labute approximate surface area is 145 Å². The number of nitrogens with zero attached hydrogens (tertiary/aromatic N) is 2. The summed E-state index contributed by atoms with van der Waals surface area (Å²) in [5, 5.41) is 4.99. The highest BCUT2D eigenvalue weighted by Gasteiger charge is 2.07. The average molecular weight is 337 g/mol. The van der Waals surface area contributed by atoms with Crippen molar-refractivity contribution in [3.63, 3.8) is 0 Å². The van der Waals surface area contributed by atoms with E-state index in [0.29, 0.717) is 12.1 Å². The van der Waals surface area contributed by atoms with Crippen molar-refractivity contribution < 1.29 is 4.79 Å². The molecule has 122 valence electrons. The summed E-state index contributed by atoms with van der Waals surface area (Å²) in [6, 6.07) is 15.6. The van der Waals surface area contributed by atoms with E-state index in [4.69, 9.17) is 0 Å². The molecule has 0 aliphatic rings. The van der Waals surface area contributed by atoms with Gasteiger partial charge in [-0.1, -0.05) is 6.07 Å². The Balaban J connectivity index is 1.65. The van der Waals surface area contributed by atoms with E-state index in [-0.39, 0.29) is 5.91 Å². The lowest BCUT2D eigenvalue weighted by atomic mass is 10.1. The molecule has 4 nitrogen and oxygen atoms in total. The van der Waals surface area contributed by atoms with E-state index >= 15 is 0 Å². The Kier molecular flexibility index (Phi) is 4.91. The van der Waals surface area contributed by atoms with Crippen LogP contribution >= 0.6 is 11.3 Å². The van der Waals surface area contributed by atoms with Gasteiger partial charge in [-0.15, -0.1) is 11.3 Å². The van der Waals surface area contributed by atoms with E-state index in [1.54, 1.807) is 17.5 Å². The van der Waals surface area contributed by atoms with Crippen molar-refractivity contribution in [1.82, 2.24) is 10.3 Å². The van der Waals surface area contributed by atoms with Gasteiger partial charge in [0.25, 0.3) is 5.91 Å². The standard InChI is InChI=1S/C19H19N3OS/c1-22(2)16-7-5-15(6-8-16)19(23)21-13-14-9-10-20-17(12-14)18-4-3-11-24-18/h3-12H,13H2,1-2H3,(H,21,23). The molecule has 0 saturated carbocycles. The summed E-state index contributed by atoms with van der Waals surface area (Å²) in [6.07, 6.45) is 1.78. The van der Waals surface area contributed by atoms with E-state index in [9.17, 15) is 4.79 Å². The summed E-state index contributed by atoms with van der Waals surface area (Å²) in [7, 11) is 3.95. The van der Waals surface area contributed by atoms with Gasteiger partial charge in [0.15, 0.2) is 0 Å². The zero-order valence-corrected chi connectivity index (χ0v) is 14.5. The van der Waals surface area contributed by atoms with Gasteiger partial charge in [0, 0.05) is 38.1 Å². The molecule has 2 aromatic heterocycles. The van der Waals surface area contributed by atoms with Crippen LogP contribution in [0, 0.1) is 0 Å². The van der Waals surface area contributed by atoms with Gasteiger partial charge in [-0.25, -0.2) is 0 Å². The first kappa shape index (κ1) is 16.2. The van der Waals surface area contributed by atoms with Gasteiger partial charge in [0.1, 0.15) is 0 Å². The molecule has 0 aliphatic heterocycles. The summed E-state index contributed by atoms with van der Waals surface area (Å²) in [5.74, 6) is -0.0743. The van der Waals surface area contributed by atoms with Crippen LogP contribution in [0.5, 0.6) is 0 Å². The molecule has 0 fully saturated rings. The highest BCUT2D eigenvalue weighted by molar-refractivity contribution is 7.13. The molecule has 1 aromatic carbocycles. The van der Waals surface area contributed by atoms with Crippen LogP contribution in [0.1, 0.15) is 15.9 Å². The maximum atomic E-state index is 12.3. The SMILES string of the molecule is CN(C)c1ccc(C(=O)NCc2ccnc(-c3cccs3)c2)cc1. The highest BCUT2D eigenvalue weighted by atomic mass is 32.1. The molecular formula is C19H19N3OS. The molecule has 0 bridgehead atoms. The van der Waals surface area contributed by atoms with Crippen LogP contribution in [0.3, 0.4) is 0 Å². The Bertz CT molecular complexity index is 811. The minimum absolute atomic E-state index is 0.0743. The number of thiophene rings is 1. The number of carbonyl (C=O) groups excluding carboxylic acids is 1. The fraction of sp³-hybridized carbons (Fsp3) is 0.158. The van der Waals surface area contributed by atoms with E-state index in [2.05, 4.69) is 10.3 Å². The predicted molar refractivity (Wildman–Crippen MR) is 99.5 cm³/mol. The number of pyridine rings is 1. The molecule has 1 amide bonds. The third kappa shape index (κ3) is 3.81. The topological polar surface area (TPSA) is 45.2 Å². The lowest BCUT2D eigenvalue weighted by Crippen LogP contribution is -2.22. The maximum absolute atomic E-state index is 12.3. The van der Waals surface area contributed by atoms with Gasteiger partial charge >= 0.3 is 0 Å². The Morgan fingerprint density at radius 1 is 1.17 bits per heavy atom. The number of carbonyl (C=O) groups is 1. The number of amides is 1. The van der Waals surface area contributed by atoms with Crippen LogP contribution in [0.15, 0.2) is 60.1 Å². The second-order valence-electron chi connectivity index (χ2n) is 5.65. The number of benzene rings is 1. The summed E-state index contributed by atoms with van der Waals surface area (Å²) in [4.78, 5) is 19.8. The Hall–Kier alpha value is -2.66. The predicted octanol–water partition coefficient (Wildman–Crippen LogP) is 3.81. The molecule has 1 N–H and O–H groups in total. The molecule has 0 saturated heterocycles. The Morgan fingerprint density at radius 2 is 1.96 bits per heavy atom. The summed E-state index contributed by atoms with van der Waals surface area (Å²) < 4.78 is 0. The van der Waals surface area contributed by atoms with Gasteiger partial charge in [-0.2, -0.15) is 0 Å². The number of nitrogens with one attached hydrogen (secondary N) is 1. The lowest BCUT2D eigenvalue weighted by molar-refractivity contribution is 0.0951. The molecular weight excluding hydrogens is 318 g/mol. The average Bonchev–Trinajstić information content (AvgIpc) is 3.15. The smallest absolute Gasteiger partial charge is 0.251 e. The van der Waals surface area contributed by atoms with E-state index in [1.807, 2.05) is 72.9 Å². The largest absolute Gasteiger partial charge is 0.378 e. The zero-order chi connectivity index (χ0) is 16.9. The van der Waals surface area contributed by atoms with Gasteiger partial charge in [-0.05, 0) is 53.4 Å². The summed E-state index contributed by atoms with van der Waals surface area (Å²) >= 11 is 1.66. The van der Waals surface area contributed by atoms with Crippen molar-refractivity contribution in [3.05, 3.63) is 71.2 Å². The molecule has 0 radical (unpaired) electrons. The number of anilines is 1. The molecule has 24 heavy (non-hydrogen) atoms. The van der Waals surface area contributed by atoms with Crippen molar-refractivity contribution in [3.8, 4) is 10.6 Å². The van der Waals surface area contributed by atoms with Crippen LogP contribution in [0.25, 0.3) is 10.6 Å². The first-order valence-electron chi connectivity index (χ1n) is 7.68. The molecule has 0 spiro atoms. The number of hydrogen-bond donors (Lipinski definition) is 1. The molecule has 3 aromatic rings. The number of aromatic nitrogens is 1. The van der Waals surface area contributed by atoms with Crippen molar-refractivity contribution >= 4 is 22.9 Å². The molecule has 0 atom stereocenters. The van der Waals surface area contributed by atoms with E-state index in [0.717, 1.165) is 21.8 Å². The van der Waals surface area contributed by atoms with Crippen LogP contribution in [0.2, 0.25) is 0 Å². The Morgan fingerprint density at radius 3 is 2.62 bits per heavy atom. The van der Waals surface area contributed by atoms with E-state index < -0.39 is 0 Å². The first-order chi connectivity index (χ1) is 11.6. The molecule has 3 rings (SSSR count). The second kappa shape index (κ2) is 7.27. The lowest BCUT2D eigenvalue weighted by Gasteiger charge is -2.12. The van der Waals surface area contributed by atoms with Gasteiger partial charge in [0.2, 0.25) is 0 Å². The fourth-order valence-corrected chi connectivity index (χ4v) is 3.03. The van der Waals surface area contributed by atoms with Crippen molar-refractivity contribution in [2.75, 3.05) is 19.0 Å². The summed E-state index contributed by atoms with van der Waals surface area (Å²) in [6.45, 7) is 0.481.